The lowest BCUT2D eigenvalue weighted by Crippen LogP contribution is -2.13. The molecule has 0 atom stereocenters. The molecule has 0 saturated heterocycles. The average molecular weight is 386 g/mol. The smallest absolute Gasteiger partial charge is 0.341 e. The zero-order chi connectivity index (χ0) is 17.7. The highest BCUT2D eigenvalue weighted by Gasteiger charge is 2.25. The molecule has 0 aliphatic heterocycles. The summed E-state index contributed by atoms with van der Waals surface area (Å²) in [6.45, 7) is 1.89. The number of amides is 1. The quantitative estimate of drug-likeness (QED) is 0.554. The molecular formula is C17H17Cl2NO3S. The summed E-state index contributed by atoms with van der Waals surface area (Å²) in [4.78, 5) is 25.2. The van der Waals surface area contributed by atoms with Gasteiger partial charge in [0.25, 0.3) is 0 Å². The molecule has 0 spiro atoms. The van der Waals surface area contributed by atoms with Crippen LogP contribution in [-0.4, -0.2) is 24.9 Å². The van der Waals surface area contributed by atoms with Crippen molar-refractivity contribution >= 4 is 51.4 Å². The SMILES string of the molecule is COC(=O)c1c(NC(=O)CCCCl)sc(C)c1-c1cccc(Cl)c1. The summed E-state index contributed by atoms with van der Waals surface area (Å²) in [5.74, 6) is -0.268. The van der Waals surface area contributed by atoms with Crippen LogP contribution in [0.1, 0.15) is 28.1 Å². The topological polar surface area (TPSA) is 55.4 Å². The van der Waals surface area contributed by atoms with E-state index in [2.05, 4.69) is 5.32 Å². The Morgan fingerprint density at radius 2 is 2.08 bits per heavy atom. The van der Waals surface area contributed by atoms with Crippen molar-refractivity contribution in [3.8, 4) is 11.1 Å². The number of aryl methyl sites for hydroxylation is 1. The van der Waals surface area contributed by atoms with Crippen LogP contribution in [0.15, 0.2) is 24.3 Å². The van der Waals surface area contributed by atoms with Gasteiger partial charge in [0.1, 0.15) is 10.6 Å². The maximum Gasteiger partial charge on any atom is 0.341 e. The molecule has 24 heavy (non-hydrogen) atoms. The summed E-state index contributed by atoms with van der Waals surface area (Å²) < 4.78 is 4.91. The lowest BCUT2D eigenvalue weighted by Gasteiger charge is -2.08. The predicted molar refractivity (Wildman–Crippen MR) is 99.4 cm³/mol. The molecule has 1 amide bonds. The summed E-state index contributed by atoms with van der Waals surface area (Å²) in [6.07, 6.45) is 0.875. The number of hydrogen-bond donors (Lipinski definition) is 1. The normalized spacial score (nSPS) is 10.5. The van der Waals surface area contributed by atoms with Crippen LogP contribution >= 0.6 is 34.5 Å². The molecule has 0 aliphatic rings. The molecule has 2 rings (SSSR count). The van der Waals surface area contributed by atoms with E-state index in [9.17, 15) is 9.59 Å². The first-order valence-electron chi connectivity index (χ1n) is 7.31. The van der Waals surface area contributed by atoms with Gasteiger partial charge in [-0.2, -0.15) is 0 Å². The average Bonchev–Trinajstić information content (AvgIpc) is 2.88. The van der Waals surface area contributed by atoms with E-state index in [1.165, 1.54) is 18.4 Å². The molecule has 0 unspecified atom stereocenters. The number of halogens is 2. The fourth-order valence-electron chi connectivity index (χ4n) is 2.34. The van der Waals surface area contributed by atoms with E-state index in [1.807, 2.05) is 19.1 Å². The summed E-state index contributed by atoms with van der Waals surface area (Å²) in [6, 6.07) is 7.22. The van der Waals surface area contributed by atoms with Crippen LogP contribution in [0.4, 0.5) is 5.00 Å². The lowest BCUT2D eigenvalue weighted by atomic mass is 10.0. The Morgan fingerprint density at radius 1 is 1.33 bits per heavy atom. The fraction of sp³-hybridized carbons (Fsp3) is 0.294. The van der Waals surface area contributed by atoms with Gasteiger partial charge in [0.05, 0.1) is 7.11 Å². The van der Waals surface area contributed by atoms with Crippen LogP contribution in [0, 0.1) is 6.92 Å². The number of benzene rings is 1. The summed E-state index contributed by atoms with van der Waals surface area (Å²) >= 11 is 13.0. The number of methoxy groups -OCH3 is 1. The number of alkyl halides is 1. The number of esters is 1. The van der Waals surface area contributed by atoms with Gasteiger partial charge in [-0.1, -0.05) is 23.7 Å². The molecule has 4 nitrogen and oxygen atoms in total. The zero-order valence-corrected chi connectivity index (χ0v) is 15.6. The van der Waals surface area contributed by atoms with Crippen LogP contribution in [0.5, 0.6) is 0 Å². The van der Waals surface area contributed by atoms with E-state index in [0.717, 1.165) is 16.0 Å². The van der Waals surface area contributed by atoms with Crippen molar-refractivity contribution in [2.24, 2.45) is 0 Å². The first-order chi connectivity index (χ1) is 11.5. The van der Waals surface area contributed by atoms with E-state index in [-0.39, 0.29) is 5.91 Å². The number of anilines is 1. The Labute approximate surface area is 154 Å². The Balaban J connectivity index is 2.48. The third kappa shape index (κ3) is 4.29. The lowest BCUT2D eigenvalue weighted by molar-refractivity contribution is -0.116. The molecule has 0 fully saturated rings. The fourth-order valence-corrected chi connectivity index (χ4v) is 3.74. The van der Waals surface area contributed by atoms with Crippen molar-refractivity contribution in [3.05, 3.63) is 39.7 Å². The van der Waals surface area contributed by atoms with Gasteiger partial charge in [-0.05, 0) is 31.0 Å². The van der Waals surface area contributed by atoms with Gasteiger partial charge in [0.2, 0.25) is 5.91 Å². The molecule has 0 aliphatic carbocycles. The summed E-state index contributed by atoms with van der Waals surface area (Å²) in [5, 5.41) is 3.84. The van der Waals surface area contributed by atoms with E-state index < -0.39 is 5.97 Å². The van der Waals surface area contributed by atoms with Crippen molar-refractivity contribution in [2.45, 2.75) is 19.8 Å². The molecule has 7 heteroatoms. The van der Waals surface area contributed by atoms with E-state index in [1.54, 1.807) is 12.1 Å². The molecule has 0 bridgehead atoms. The molecule has 1 aromatic heterocycles. The predicted octanol–water partition coefficient (Wildman–Crippen LogP) is 5.12. The monoisotopic (exact) mass is 385 g/mol. The standard InChI is InChI=1S/C17H17Cl2NO3S/c1-10-14(11-5-3-6-12(19)9-11)15(17(22)23-2)16(24-10)20-13(21)7-4-8-18/h3,5-6,9H,4,7-8H2,1-2H3,(H,20,21). The Morgan fingerprint density at radius 3 is 2.71 bits per heavy atom. The number of carbonyl (C=O) groups excluding carboxylic acids is 2. The van der Waals surface area contributed by atoms with Crippen molar-refractivity contribution in [1.82, 2.24) is 0 Å². The molecule has 1 aromatic carbocycles. The van der Waals surface area contributed by atoms with Crippen LogP contribution in [0.3, 0.4) is 0 Å². The molecule has 0 saturated carbocycles. The molecule has 128 valence electrons. The number of nitrogens with one attached hydrogen (secondary N) is 1. The van der Waals surface area contributed by atoms with Crippen LogP contribution in [0.2, 0.25) is 5.02 Å². The number of ether oxygens (including phenoxy) is 1. The van der Waals surface area contributed by atoms with Gasteiger partial charge in [-0.15, -0.1) is 22.9 Å². The zero-order valence-electron chi connectivity index (χ0n) is 13.3. The molecule has 0 radical (unpaired) electrons. The highest BCUT2D eigenvalue weighted by Crippen LogP contribution is 2.41. The number of thiophene rings is 1. The van der Waals surface area contributed by atoms with Crippen molar-refractivity contribution in [1.29, 1.82) is 0 Å². The number of hydrogen-bond acceptors (Lipinski definition) is 4. The number of carbonyl (C=O) groups is 2. The minimum absolute atomic E-state index is 0.181. The molecular weight excluding hydrogens is 369 g/mol. The van der Waals surface area contributed by atoms with E-state index in [0.29, 0.717) is 34.3 Å². The minimum atomic E-state index is -0.498. The maximum absolute atomic E-state index is 12.3. The largest absolute Gasteiger partial charge is 0.465 e. The first-order valence-corrected chi connectivity index (χ1v) is 9.04. The van der Waals surface area contributed by atoms with Crippen molar-refractivity contribution < 1.29 is 14.3 Å². The summed E-state index contributed by atoms with van der Waals surface area (Å²) in [7, 11) is 1.32. The van der Waals surface area contributed by atoms with Crippen LogP contribution < -0.4 is 5.32 Å². The van der Waals surface area contributed by atoms with Gasteiger partial charge in [0, 0.05) is 27.8 Å². The summed E-state index contributed by atoms with van der Waals surface area (Å²) in [5.41, 5.74) is 1.88. The second kappa shape index (κ2) is 8.51. The minimum Gasteiger partial charge on any atom is -0.465 e. The van der Waals surface area contributed by atoms with Crippen molar-refractivity contribution in [3.63, 3.8) is 0 Å². The van der Waals surface area contributed by atoms with Crippen LogP contribution in [-0.2, 0) is 9.53 Å². The third-order valence-electron chi connectivity index (χ3n) is 3.38. The van der Waals surface area contributed by atoms with Gasteiger partial charge in [0.15, 0.2) is 0 Å². The third-order valence-corrected chi connectivity index (χ3v) is 4.90. The van der Waals surface area contributed by atoms with Gasteiger partial charge >= 0.3 is 5.97 Å². The Hall–Kier alpha value is -1.56. The Kier molecular flexibility index (Phi) is 6.66. The van der Waals surface area contributed by atoms with E-state index >= 15 is 0 Å². The Bertz CT molecular complexity index is 758. The highest BCUT2D eigenvalue weighted by atomic mass is 35.5. The maximum atomic E-state index is 12.3. The number of rotatable bonds is 6. The second-order valence-corrected chi connectivity index (χ2v) is 7.12. The molecule has 2 aromatic rings. The van der Waals surface area contributed by atoms with Gasteiger partial charge in [-0.3, -0.25) is 4.79 Å². The molecule has 1 heterocycles. The van der Waals surface area contributed by atoms with Gasteiger partial charge < -0.3 is 10.1 Å². The van der Waals surface area contributed by atoms with Gasteiger partial charge in [-0.25, -0.2) is 4.79 Å². The van der Waals surface area contributed by atoms with Crippen LogP contribution in [0.25, 0.3) is 11.1 Å². The van der Waals surface area contributed by atoms with Crippen molar-refractivity contribution in [2.75, 3.05) is 18.3 Å². The molecule has 1 N–H and O–H groups in total. The second-order valence-electron chi connectivity index (χ2n) is 5.08. The van der Waals surface area contributed by atoms with E-state index in [4.69, 9.17) is 27.9 Å². The first kappa shape index (κ1) is 18.8. The highest BCUT2D eigenvalue weighted by molar-refractivity contribution is 7.17.